The smallest absolute Gasteiger partial charge is 0.416 e. The van der Waals surface area contributed by atoms with E-state index >= 15 is 0 Å². The first kappa shape index (κ1) is 13.2. The summed E-state index contributed by atoms with van der Waals surface area (Å²) in [6.07, 6.45) is -3.26. The van der Waals surface area contributed by atoms with E-state index in [0.29, 0.717) is 6.54 Å². The quantitative estimate of drug-likeness (QED) is 0.896. The Hall–Kier alpha value is -2.24. The van der Waals surface area contributed by atoms with E-state index in [1.54, 1.807) is 12.1 Å². The summed E-state index contributed by atoms with van der Waals surface area (Å²) in [6.45, 7) is 0.328. The number of halogens is 3. The maximum atomic E-state index is 12.5. The fourth-order valence-electron chi connectivity index (χ4n) is 1.51. The number of phenolic OH excluding ortho intramolecular Hbond substituents is 1. The van der Waals surface area contributed by atoms with E-state index in [1.165, 1.54) is 12.1 Å². The fraction of sp³-hybridized carbons (Fsp3) is 0.154. The molecule has 19 heavy (non-hydrogen) atoms. The average Bonchev–Trinajstić information content (AvgIpc) is 2.37. The van der Waals surface area contributed by atoms with Crippen molar-refractivity contribution in [2.75, 3.05) is 5.32 Å². The predicted molar refractivity (Wildman–Crippen MR) is 64.7 cm³/mol. The zero-order valence-corrected chi connectivity index (χ0v) is 9.78. The molecule has 0 unspecified atom stereocenters. The van der Waals surface area contributed by atoms with Crippen molar-refractivity contribution in [3.05, 3.63) is 53.7 Å². The number of phenols is 1. The van der Waals surface area contributed by atoms with Crippen LogP contribution >= 0.6 is 0 Å². The Kier molecular flexibility index (Phi) is 3.59. The first-order valence-electron chi connectivity index (χ1n) is 5.50. The van der Waals surface area contributed by atoms with Crippen LogP contribution in [0.5, 0.6) is 5.75 Å². The SMILES string of the molecule is Oc1ccc(CNc2cc(C(F)(F)F)ccn2)cc1. The molecule has 0 saturated carbocycles. The maximum Gasteiger partial charge on any atom is 0.416 e. The van der Waals surface area contributed by atoms with Crippen LogP contribution in [0.15, 0.2) is 42.6 Å². The van der Waals surface area contributed by atoms with E-state index in [0.717, 1.165) is 23.9 Å². The molecule has 0 fully saturated rings. The third-order valence-electron chi connectivity index (χ3n) is 2.50. The second-order valence-corrected chi connectivity index (χ2v) is 3.95. The van der Waals surface area contributed by atoms with E-state index in [2.05, 4.69) is 10.3 Å². The van der Waals surface area contributed by atoms with Gasteiger partial charge in [-0.3, -0.25) is 0 Å². The van der Waals surface area contributed by atoms with Gasteiger partial charge in [0.25, 0.3) is 0 Å². The van der Waals surface area contributed by atoms with Gasteiger partial charge >= 0.3 is 6.18 Å². The van der Waals surface area contributed by atoms with Crippen LogP contribution in [-0.2, 0) is 12.7 Å². The zero-order valence-electron chi connectivity index (χ0n) is 9.78. The van der Waals surface area contributed by atoms with Gasteiger partial charge < -0.3 is 10.4 Å². The van der Waals surface area contributed by atoms with Crippen LogP contribution in [0.25, 0.3) is 0 Å². The lowest BCUT2D eigenvalue weighted by Crippen LogP contribution is -2.07. The molecular formula is C13H11F3N2O. The number of benzene rings is 1. The van der Waals surface area contributed by atoms with Gasteiger partial charge in [-0.25, -0.2) is 4.98 Å². The summed E-state index contributed by atoms with van der Waals surface area (Å²) in [4.78, 5) is 3.83. The van der Waals surface area contributed by atoms with E-state index < -0.39 is 11.7 Å². The van der Waals surface area contributed by atoms with Gasteiger partial charge in [0.15, 0.2) is 0 Å². The Labute approximate surface area is 107 Å². The van der Waals surface area contributed by atoms with Crippen molar-refractivity contribution in [1.29, 1.82) is 0 Å². The van der Waals surface area contributed by atoms with Gasteiger partial charge in [-0.05, 0) is 29.8 Å². The number of alkyl halides is 3. The Bertz CT molecular complexity index is 553. The molecule has 0 saturated heterocycles. The van der Waals surface area contributed by atoms with Crippen LogP contribution in [-0.4, -0.2) is 10.1 Å². The monoisotopic (exact) mass is 268 g/mol. The van der Waals surface area contributed by atoms with Crippen LogP contribution in [0, 0.1) is 0 Å². The van der Waals surface area contributed by atoms with Crippen molar-refractivity contribution in [3.63, 3.8) is 0 Å². The zero-order chi connectivity index (χ0) is 13.9. The van der Waals surface area contributed by atoms with Gasteiger partial charge in [0.1, 0.15) is 11.6 Å². The summed E-state index contributed by atoms with van der Waals surface area (Å²) in [5.74, 6) is 0.295. The standard InChI is InChI=1S/C13H11F3N2O/c14-13(15,16)10-5-6-17-12(7-10)18-8-9-1-3-11(19)4-2-9/h1-7,19H,8H2,(H,17,18). The Morgan fingerprint density at radius 3 is 2.42 bits per heavy atom. The average molecular weight is 268 g/mol. The molecule has 0 aliphatic heterocycles. The number of nitrogens with zero attached hydrogens (tertiary/aromatic N) is 1. The second-order valence-electron chi connectivity index (χ2n) is 3.95. The van der Waals surface area contributed by atoms with Gasteiger partial charge in [0.05, 0.1) is 5.56 Å². The van der Waals surface area contributed by atoms with Gasteiger partial charge in [-0.1, -0.05) is 12.1 Å². The molecule has 1 aromatic heterocycles. The minimum Gasteiger partial charge on any atom is -0.508 e. The molecular weight excluding hydrogens is 257 g/mol. The Balaban J connectivity index is 2.05. The largest absolute Gasteiger partial charge is 0.508 e. The summed E-state index contributed by atoms with van der Waals surface area (Å²) in [5.41, 5.74) is 0.0905. The number of rotatable bonds is 3. The summed E-state index contributed by atoms with van der Waals surface area (Å²) in [6, 6.07) is 8.26. The highest BCUT2D eigenvalue weighted by molar-refractivity contribution is 5.39. The molecule has 0 radical (unpaired) electrons. The van der Waals surface area contributed by atoms with Crippen LogP contribution in [0.4, 0.5) is 19.0 Å². The minimum absolute atomic E-state index is 0.140. The van der Waals surface area contributed by atoms with Crippen LogP contribution in [0.1, 0.15) is 11.1 Å². The molecule has 0 bridgehead atoms. The van der Waals surface area contributed by atoms with E-state index in [-0.39, 0.29) is 11.6 Å². The summed E-state index contributed by atoms with van der Waals surface area (Å²) >= 11 is 0. The van der Waals surface area contributed by atoms with Gasteiger partial charge in [-0.2, -0.15) is 13.2 Å². The van der Waals surface area contributed by atoms with Crippen molar-refractivity contribution in [2.45, 2.75) is 12.7 Å². The highest BCUT2D eigenvalue weighted by Crippen LogP contribution is 2.29. The molecule has 3 nitrogen and oxygen atoms in total. The van der Waals surface area contributed by atoms with Crippen LogP contribution in [0.3, 0.4) is 0 Å². The lowest BCUT2D eigenvalue weighted by Gasteiger charge is -2.09. The number of pyridine rings is 1. The lowest BCUT2D eigenvalue weighted by molar-refractivity contribution is -0.137. The first-order chi connectivity index (χ1) is 8.95. The topological polar surface area (TPSA) is 45.1 Å². The predicted octanol–water partition coefficient (Wildman–Crippen LogP) is 3.42. The van der Waals surface area contributed by atoms with Gasteiger partial charge in [0, 0.05) is 12.7 Å². The molecule has 1 aromatic carbocycles. The fourth-order valence-corrected chi connectivity index (χ4v) is 1.51. The molecule has 2 rings (SSSR count). The van der Waals surface area contributed by atoms with Crippen molar-refractivity contribution in [3.8, 4) is 5.75 Å². The van der Waals surface area contributed by atoms with Crippen molar-refractivity contribution >= 4 is 5.82 Å². The number of aromatic hydroxyl groups is 1. The molecule has 0 amide bonds. The molecule has 0 aliphatic rings. The normalized spacial score (nSPS) is 11.3. The summed E-state index contributed by atoms with van der Waals surface area (Å²) < 4.78 is 37.5. The van der Waals surface area contributed by atoms with Crippen molar-refractivity contribution in [1.82, 2.24) is 4.98 Å². The second kappa shape index (κ2) is 5.17. The summed E-state index contributed by atoms with van der Waals surface area (Å²) in [5, 5.41) is 11.9. The summed E-state index contributed by atoms with van der Waals surface area (Å²) in [7, 11) is 0. The first-order valence-corrected chi connectivity index (χ1v) is 5.50. The molecule has 2 N–H and O–H groups in total. The third-order valence-corrected chi connectivity index (χ3v) is 2.50. The van der Waals surface area contributed by atoms with Crippen molar-refractivity contribution < 1.29 is 18.3 Å². The number of aromatic nitrogens is 1. The lowest BCUT2D eigenvalue weighted by atomic mass is 10.2. The molecule has 1 heterocycles. The van der Waals surface area contributed by atoms with E-state index in [4.69, 9.17) is 5.11 Å². The molecule has 2 aromatic rings. The van der Waals surface area contributed by atoms with Gasteiger partial charge in [0.2, 0.25) is 0 Å². The molecule has 6 heteroatoms. The molecule has 100 valence electrons. The Morgan fingerprint density at radius 2 is 1.79 bits per heavy atom. The highest BCUT2D eigenvalue weighted by atomic mass is 19.4. The Morgan fingerprint density at radius 1 is 1.11 bits per heavy atom. The molecule has 0 aliphatic carbocycles. The number of hydrogen-bond acceptors (Lipinski definition) is 3. The maximum absolute atomic E-state index is 12.5. The number of nitrogens with one attached hydrogen (secondary N) is 1. The van der Waals surface area contributed by atoms with Crippen LogP contribution in [0.2, 0.25) is 0 Å². The van der Waals surface area contributed by atoms with E-state index in [9.17, 15) is 13.2 Å². The van der Waals surface area contributed by atoms with Crippen LogP contribution < -0.4 is 5.32 Å². The molecule has 0 atom stereocenters. The number of hydrogen-bond donors (Lipinski definition) is 2. The van der Waals surface area contributed by atoms with E-state index in [1.807, 2.05) is 0 Å². The highest BCUT2D eigenvalue weighted by Gasteiger charge is 2.30. The van der Waals surface area contributed by atoms with Gasteiger partial charge in [-0.15, -0.1) is 0 Å². The van der Waals surface area contributed by atoms with Crippen molar-refractivity contribution in [2.24, 2.45) is 0 Å². The number of anilines is 1. The molecule has 0 spiro atoms. The minimum atomic E-state index is -4.38. The third kappa shape index (κ3) is 3.61.